The van der Waals surface area contributed by atoms with Crippen LogP contribution in [0.2, 0.25) is 0 Å². The van der Waals surface area contributed by atoms with E-state index in [0.29, 0.717) is 19.6 Å². The third-order valence-corrected chi connectivity index (χ3v) is 2.60. The van der Waals surface area contributed by atoms with Crippen LogP contribution in [0.5, 0.6) is 5.75 Å². The highest BCUT2D eigenvalue weighted by Crippen LogP contribution is 2.20. The summed E-state index contributed by atoms with van der Waals surface area (Å²) in [5, 5.41) is 10.1. The zero-order chi connectivity index (χ0) is 13.4. The van der Waals surface area contributed by atoms with Gasteiger partial charge in [-0.05, 0) is 25.5 Å². The molecule has 1 rings (SSSR count). The molecule has 102 valence electrons. The molecule has 1 aromatic carbocycles. The van der Waals surface area contributed by atoms with Crippen molar-refractivity contribution in [1.82, 2.24) is 0 Å². The van der Waals surface area contributed by atoms with Crippen LogP contribution in [0.25, 0.3) is 0 Å². The first-order chi connectivity index (χ1) is 8.72. The lowest BCUT2D eigenvalue weighted by molar-refractivity contribution is -0.188. The maximum Gasteiger partial charge on any atom is 0.183 e. The summed E-state index contributed by atoms with van der Waals surface area (Å²) in [7, 11) is 1.62. The molecule has 0 aliphatic heterocycles. The van der Waals surface area contributed by atoms with Gasteiger partial charge in [-0.1, -0.05) is 18.2 Å². The van der Waals surface area contributed by atoms with Crippen LogP contribution in [-0.2, 0) is 15.9 Å². The molecule has 4 nitrogen and oxygen atoms in total. The normalized spacial score (nSPS) is 12.7. The van der Waals surface area contributed by atoms with Gasteiger partial charge in [-0.3, -0.25) is 0 Å². The van der Waals surface area contributed by atoms with E-state index in [2.05, 4.69) is 0 Å². The average molecular weight is 254 g/mol. The second-order valence-corrected chi connectivity index (χ2v) is 3.86. The lowest BCUT2D eigenvalue weighted by atomic mass is 10.1. The molecule has 0 aliphatic rings. The molecule has 0 spiro atoms. The minimum absolute atomic E-state index is 0.439. The number of methoxy groups -OCH3 is 1. The maximum atomic E-state index is 10.1. The Morgan fingerprint density at radius 3 is 2.28 bits per heavy atom. The summed E-state index contributed by atoms with van der Waals surface area (Å²) in [6, 6.07) is 7.62. The van der Waals surface area contributed by atoms with E-state index >= 15 is 0 Å². The molecule has 1 unspecified atom stereocenters. The number of para-hydroxylation sites is 1. The Hall–Kier alpha value is -1.10. The fraction of sp³-hybridized carbons (Fsp3) is 0.571. The lowest BCUT2D eigenvalue weighted by Crippen LogP contribution is -2.33. The number of rotatable bonds is 8. The van der Waals surface area contributed by atoms with Crippen molar-refractivity contribution in [1.29, 1.82) is 0 Å². The molecule has 18 heavy (non-hydrogen) atoms. The van der Waals surface area contributed by atoms with Crippen molar-refractivity contribution < 1.29 is 19.3 Å². The van der Waals surface area contributed by atoms with Crippen molar-refractivity contribution in [3.8, 4) is 5.75 Å². The van der Waals surface area contributed by atoms with E-state index in [9.17, 15) is 5.11 Å². The Labute approximate surface area is 108 Å². The van der Waals surface area contributed by atoms with Gasteiger partial charge in [0.05, 0.1) is 7.11 Å². The zero-order valence-electron chi connectivity index (χ0n) is 11.3. The molecule has 0 aromatic heterocycles. The number of ether oxygens (including phenoxy) is 3. The van der Waals surface area contributed by atoms with Crippen LogP contribution in [0.15, 0.2) is 24.3 Å². The fourth-order valence-electron chi connectivity index (χ4n) is 1.79. The van der Waals surface area contributed by atoms with Crippen LogP contribution in [0.3, 0.4) is 0 Å². The fourth-order valence-corrected chi connectivity index (χ4v) is 1.79. The number of benzene rings is 1. The second-order valence-electron chi connectivity index (χ2n) is 3.86. The van der Waals surface area contributed by atoms with E-state index in [4.69, 9.17) is 14.2 Å². The molecule has 1 N–H and O–H groups in total. The number of aliphatic hydroxyl groups excluding tert-OH is 1. The van der Waals surface area contributed by atoms with Crippen LogP contribution < -0.4 is 4.74 Å². The predicted molar refractivity (Wildman–Crippen MR) is 69.7 cm³/mol. The van der Waals surface area contributed by atoms with Crippen molar-refractivity contribution in [2.24, 2.45) is 0 Å². The van der Waals surface area contributed by atoms with Gasteiger partial charge in [-0.25, -0.2) is 0 Å². The Balaban J connectivity index is 2.68. The summed E-state index contributed by atoms with van der Waals surface area (Å²) in [4.78, 5) is 0. The van der Waals surface area contributed by atoms with E-state index in [0.717, 1.165) is 11.3 Å². The number of hydrogen-bond acceptors (Lipinski definition) is 4. The van der Waals surface area contributed by atoms with Crippen molar-refractivity contribution in [3.63, 3.8) is 0 Å². The zero-order valence-corrected chi connectivity index (χ0v) is 11.3. The molecule has 0 bridgehead atoms. The molecule has 0 heterocycles. The predicted octanol–water partition coefficient (Wildman–Crippen LogP) is 2.00. The van der Waals surface area contributed by atoms with E-state index in [1.165, 1.54) is 0 Å². The van der Waals surface area contributed by atoms with Gasteiger partial charge in [-0.2, -0.15) is 0 Å². The molecular formula is C14H22O4. The van der Waals surface area contributed by atoms with Crippen molar-refractivity contribution in [2.45, 2.75) is 32.7 Å². The van der Waals surface area contributed by atoms with Gasteiger partial charge < -0.3 is 19.3 Å². The monoisotopic (exact) mass is 254 g/mol. The highest BCUT2D eigenvalue weighted by molar-refractivity contribution is 5.33. The summed E-state index contributed by atoms with van der Waals surface area (Å²) in [5.74, 6) is 0.767. The topological polar surface area (TPSA) is 47.9 Å². The van der Waals surface area contributed by atoms with Gasteiger partial charge >= 0.3 is 0 Å². The van der Waals surface area contributed by atoms with Gasteiger partial charge in [0.25, 0.3) is 0 Å². The van der Waals surface area contributed by atoms with Crippen molar-refractivity contribution in [2.75, 3.05) is 20.3 Å². The molecule has 0 aliphatic carbocycles. The molecule has 0 saturated carbocycles. The summed E-state index contributed by atoms with van der Waals surface area (Å²) in [6.45, 7) is 4.77. The summed E-state index contributed by atoms with van der Waals surface area (Å²) >= 11 is 0. The summed E-state index contributed by atoms with van der Waals surface area (Å²) in [6.07, 6.45) is -0.861. The number of hydrogen-bond donors (Lipinski definition) is 1. The highest BCUT2D eigenvalue weighted by atomic mass is 16.7. The smallest absolute Gasteiger partial charge is 0.183 e. The molecule has 0 amide bonds. The van der Waals surface area contributed by atoms with Crippen molar-refractivity contribution >= 4 is 0 Å². The molecule has 1 aromatic rings. The lowest BCUT2D eigenvalue weighted by Gasteiger charge is -2.23. The minimum Gasteiger partial charge on any atom is -0.496 e. The molecule has 0 fully saturated rings. The van der Waals surface area contributed by atoms with Crippen LogP contribution in [0, 0.1) is 0 Å². The van der Waals surface area contributed by atoms with E-state index < -0.39 is 12.4 Å². The van der Waals surface area contributed by atoms with E-state index in [1.54, 1.807) is 7.11 Å². The van der Waals surface area contributed by atoms with Crippen LogP contribution >= 0.6 is 0 Å². The molecule has 1 atom stereocenters. The van der Waals surface area contributed by atoms with Gasteiger partial charge in [-0.15, -0.1) is 0 Å². The molecular weight excluding hydrogens is 232 g/mol. The van der Waals surface area contributed by atoms with Gasteiger partial charge in [0, 0.05) is 19.6 Å². The molecule has 0 saturated heterocycles. The number of aliphatic hydroxyl groups is 1. The van der Waals surface area contributed by atoms with Gasteiger partial charge in [0.1, 0.15) is 11.9 Å². The highest BCUT2D eigenvalue weighted by Gasteiger charge is 2.21. The standard InChI is InChI=1S/C14H22O4/c1-4-17-14(18-5-2)12(15)10-11-8-6-7-9-13(11)16-3/h6-9,12,14-15H,4-5,10H2,1-3H3. The third-order valence-electron chi connectivity index (χ3n) is 2.60. The first kappa shape index (κ1) is 15.0. The SMILES string of the molecule is CCOC(OCC)C(O)Cc1ccccc1OC. The average Bonchev–Trinajstić information content (AvgIpc) is 2.39. The largest absolute Gasteiger partial charge is 0.496 e. The van der Waals surface area contributed by atoms with Crippen LogP contribution in [0.4, 0.5) is 0 Å². The molecule has 4 heteroatoms. The maximum absolute atomic E-state index is 10.1. The Bertz CT molecular complexity index is 334. The van der Waals surface area contributed by atoms with Crippen LogP contribution in [0.1, 0.15) is 19.4 Å². The van der Waals surface area contributed by atoms with Crippen molar-refractivity contribution in [3.05, 3.63) is 29.8 Å². The Kier molecular flexibility index (Phi) is 6.72. The van der Waals surface area contributed by atoms with Gasteiger partial charge in [0.15, 0.2) is 6.29 Å². The van der Waals surface area contributed by atoms with E-state index in [1.807, 2.05) is 38.1 Å². The first-order valence-electron chi connectivity index (χ1n) is 6.26. The first-order valence-corrected chi connectivity index (χ1v) is 6.26. The van der Waals surface area contributed by atoms with Gasteiger partial charge in [0.2, 0.25) is 0 Å². The summed E-state index contributed by atoms with van der Waals surface area (Å²) < 4.78 is 16.0. The Morgan fingerprint density at radius 1 is 1.11 bits per heavy atom. The molecule has 0 radical (unpaired) electrons. The summed E-state index contributed by atoms with van der Waals surface area (Å²) in [5.41, 5.74) is 0.942. The minimum atomic E-state index is -0.707. The quantitative estimate of drug-likeness (QED) is 0.721. The Morgan fingerprint density at radius 2 is 1.72 bits per heavy atom. The van der Waals surface area contributed by atoms with E-state index in [-0.39, 0.29) is 0 Å². The second kappa shape index (κ2) is 8.08. The third kappa shape index (κ3) is 4.29. The van der Waals surface area contributed by atoms with Crippen LogP contribution in [-0.4, -0.2) is 37.8 Å².